The topological polar surface area (TPSA) is 58.4 Å². The fraction of sp³-hybridized carbons (Fsp3) is 0.733. The zero-order valence-electron chi connectivity index (χ0n) is 12.1. The number of likely N-dealkylation sites (tertiary alicyclic amines) is 1. The van der Waals surface area contributed by atoms with Gasteiger partial charge in [0.1, 0.15) is 6.04 Å². The Labute approximate surface area is 119 Å². The number of nitrogens with zero attached hydrogens (tertiary/aromatic N) is 3. The molecule has 1 saturated heterocycles. The van der Waals surface area contributed by atoms with Crippen LogP contribution in [0.5, 0.6) is 0 Å². The Bertz CT molecular complexity index is 481. The first-order valence-electron chi connectivity index (χ1n) is 7.55. The number of rotatable bonds is 3. The normalized spacial score (nSPS) is 24.1. The monoisotopic (exact) mass is 277 g/mol. The average Bonchev–Trinajstić information content (AvgIpc) is 2.63. The highest BCUT2D eigenvalue weighted by Crippen LogP contribution is 2.45. The molecule has 1 aromatic rings. The molecule has 1 spiro atoms. The van der Waals surface area contributed by atoms with Crippen LogP contribution in [0.3, 0.4) is 0 Å². The highest BCUT2D eigenvalue weighted by molar-refractivity contribution is 5.75. The van der Waals surface area contributed by atoms with Gasteiger partial charge in [0.15, 0.2) is 0 Å². The van der Waals surface area contributed by atoms with Gasteiger partial charge in [-0.25, -0.2) is 0 Å². The molecule has 3 rings (SSSR count). The molecule has 110 valence electrons. The van der Waals surface area contributed by atoms with Crippen molar-refractivity contribution in [3.05, 3.63) is 18.0 Å². The van der Waals surface area contributed by atoms with Gasteiger partial charge < -0.3 is 5.11 Å². The number of aliphatic carboxylic acids is 1. The maximum absolute atomic E-state index is 11.6. The second-order valence-corrected chi connectivity index (χ2v) is 6.51. The van der Waals surface area contributed by atoms with Crippen LogP contribution < -0.4 is 0 Å². The molecule has 1 aliphatic heterocycles. The molecule has 2 heterocycles. The minimum absolute atomic E-state index is 0.395. The lowest BCUT2D eigenvalue weighted by molar-refractivity contribution is -0.150. The zero-order valence-corrected chi connectivity index (χ0v) is 12.1. The quantitative estimate of drug-likeness (QED) is 0.920. The van der Waals surface area contributed by atoms with Crippen LogP contribution >= 0.6 is 0 Å². The molecular formula is C15H23N3O2. The predicted octanol–water partition coefficient (Wildman–Crippen LogP) is 2.20. The van der Waals surface area contributed by atoms with E-state index in [0.717, 1.165) is 18.7 Å². The van der Waals surface area contributed by atoms with Gasteiger partial charge in [-0.3, -0.25) is 14.4 Å². The third-order valence-corrected chi connectivity index (χ3v) is 4.88. The fourth-order valence-corrected chi connectivity index (χ4v) is 3.88. The van der Waals surface area contributed by atoms with E-state index < -0.39 is 12.0 Å². The van der Waals surface area contributed by atoms with Crippen LogP contribution in [0.1, 0.15) is 50.1 Å². The maximum atomic E-state index is 11.6. The molecule has 2 fully saturated rings. The van der Waals surface area contributed by atoms with Crippen molar-refractivity contribution in [1.82, 2.24) is 14.7 Å². The van der Waals surface area contributed by atoms with Crippen molar-refractivity contribution >= 4 is 5.97 Å². The zero-order chi connectivity index (χ0) is 14.2. The van der Waals surface area contributed by atoms with E-state index in [0.29, 0.717) is 5.41 Å². The van der Waals surface area contributed by atoms with Crippen molar-refractivity contribution in [3.63, 3.8) is 0 Å². The third kappa shape index (κ3) is 2.46. The van der Waals surface area contributed by atoms with Gasteiger partial charge in [-0.1, -0.05) is 25.7 Å². The largest absolute Gasteiger partial charge is 0.480 e. The van der Waals surface area contributed by atoms with Gasteiger partial charge in [0.05, 0.1) is 6.20 Å². The summed E-state index contributed by atoms with van der Waals surface area (Å²) in [6.45, 7) is 1.86. The summed E-state index contributed by atoms with van der Waals surface area (Å²) in [5.74, 6) is -0.763. The summed E-state index contributed by atoms with van der Waals surface area (Å²) >= 11 is 0. The van der Waals surface area contributed by atoms with Crippen molar-refractivity contribution < 1.29 is 9.90 Å². The van der Waals surface area contributed by atoms with E-state index in [-0.39, 0.29) is 0 Å². The van der Waals surface area contributed by atoms with Gasteiger partial charge in [-0.15, -0.1) is 0 Å². The smallest absolute Gasteiger partial charge is 0.325 e. The van der Waals surface area contributed by atoms with E-state index in [1.807, 2.05) is 13.2 Å². The second kappa shape index (κ2) is 5.20. The Morgan fingerprint density at radius 1 is 1.30 bits per heavy atom. The molecule has 1 aromatic heterocycles. The Hall–Kier alpha value is -1.36. The molecule has 0 amide bonds. The molecule has 0 bridgehead atoms. The first-order valence-corrected chi connectivity index (χ1v) is 7.55. The highest BCUT2D eigenvalue weighted by atomic mass is 16.4. The Morgan fingerprint density at radius 3 is 2.45 bits per heavy atom. The maximum Gasteiger partial charge on any atom is 0.325 e. The van der Waals surface area contributed by atoms with E-state index in [9.17, 15) is 9.90 Å². The minimum atomic E-state index is -0.763. The van der Waals surface area contributed by atoms with Crippen molar-refractivity contribution in [2.45, 2.75) is 44.6 Å². The van der Waals surface area contributed by atoms with Crippen molar-refractivity contribution in [3.8, 4) is 0 Å². The molecule has 20 heavy (non-hydrogen) atoms. The van der Waals surface area contributed by atoms with Crippen molar-refractivity contribution in [2.75, 3.05) is 13.1 Å². The van der Waals surface area contributed by atoms with Gasteiger partial charge in [0, 0.05) is 31.9 Å². The Balaban J connectivity index is 1.71. The number of carboxylic acids is 1. The number of aryl methyl sites for hydroxylation is 1. The lowest BCUT2D eigenvalue weighted by Crippen LogP contribution is -2.58. The van der Waals surface area contributed by atoms with E-state index in [4.69, 9.17) is 0 Å². The van der Waals surface area contributed by atoms with E-state index >= 15 is 0 Å². The van der Waals surface area contributed by atoms with Crippen LogP contribution in [0.25, 0.3) is 0 Å². The molecular weight excluding hydrogens is 254 g/mol. The van der Waals surface area contributed by atoms with Gasteiger partial charge in [-0.05, 0) is 18.3 Å². The Kier molecular flexibility index (Phi) is 3.54. The van der Waals surface area contributed by atoms with Crippen molar-refractivity contribution in [2.24, 2.45) is 12.5 Å². The van der Waals surface area contributed by atoms with E-state index in [2.05, 4.69) is 10.00 Å². The number of hydrogen-bond donors (Lipinski definition) is 1. The first kappa shape index (κ1) is 13.6. The molecule has 2 aliphatic rings. The number of aromatic nitrogens is 2. The summed E-state index contributed by atoms with van der Waals surface area (Å²) in [6.07, 6.45) is 11.3. The summed E-state index contributed by atoms with van der Waals surface area (Å²) in [5, 5.41) is 13.6. The molecule has 5 heteroatoms. The second-order valence-electron chi connectivity index (χ2n) is 6.51. The van der Waals surface area contributed by atoms with Gasteiger partial charge >= 0.3 is 5.97 Å². The summed E-state index contributed by atoms with van der Waals surface area (Å²) in [5.41, 5.74) is 1.19. The molecule has 5 nitrogen and oxygen atoms in total. The predicted molar refractivity (Wildman–Crippen MR) is 75.3 cm³/mol. The van der Waals surface area contributed by atoms with Gasteiger partial charge in [-0.2, -0.15) is 5.10 Å². The summed E-state index contributed by atoms with van der Waals surface area (Å²) < 4.78 is 1.67. The molecule has 1 aliphatic carbocycles. The summed E-state index contributed by atoms with van der Waals surface area (Å²) in [4.78, 5) is 13.7. The average molecular weight is 277 g/mol. The standard InChI is InChI=1S/C15H23N3O2/c1-17-9-12(8-16-17)13(14(19)20)18-10-15(11-18)6-4-2-3-5-7-15/h8-9,13H,2-7,10-11H2,1H3,(H,19,20). The van der Waals surface area contributed by atoms with Crippen LogP contribution in [0.4, 0.5) is 0 Å². The molecule has 0 aromatic carbocycles. The number of hydrogen-bond acceptors (Lipinski definition) is 3. The molecule has 1 N–H and O–H groups in total. The molecule has 1 unspecified atom stereocenters. The lowest BCUT2D eigenvalue weighted by atomic mass is 9.72. The van der Waals surface area contributed by atoms with E-state index in [1.54, 1.807) is 10.9 Å². The number of carboxylic acid groups (broad SMARTS) is 1. The summed E-state index contributed by atoms with van der Waals surface area (Å²) in [7, 11) is 1.82. The fourth-order valence-electron chi connectivity index (χ4n) is 3.88. The van der Waals surface area contributed by atoms with Gasteiger partial charge in [0.25, 0.3) is 0 Å². The van der Waals surface area contributed by atoms with Gasteiger partial charge in [0.2, 0.25) is 0 Å². The SMILES string of the molecule is Cn1cc(C(C(=O)O)N2CC3(CCCCCC3)C2)cn1. The highest BCUT2D eigenvalue weighted by Gasteiger charge is 2.47. The van der Waals surface area contributed by atoms with Crippen LogP contribution in [-0.4, -0.2) is 38.8 Å². The van der Waals surface area contributed by atoms with Crippen LogP contribution in [0, 0.1) is 5.41 Å². The minimum Gasteiger partial charge on any atom is -0.480 e. The summed E-state index contributed by atoms with van der Waals surface area (Å²) in [6, 6.07) is -0.530. The molecule has 1 atom stereocenters. The molecule has 0 radical (unpaired) electrons. The lowest BCUT2D eigenvalue weighted by Gasteiger charge is -2.52. The van der Waals surface area contributed by atoms with Crippen LogP contribution in [0.2, 0.25) is 0 Å². The van der Waals surface area contributed by atoms with Crippen LogP contribution in [-0.2, 0) is 11.8 Å². The Morgan fingerprint density at radius 2 is 1.95 bits per heavy atom. The third-order valence-electron chi connectivity index (χ3n) is 4.88. The van der Waals surface area contributed by atoms with E-state index in [1.165, 1.54) is 38.5 Å². The van der Waals surface area contributed by atoms with Crippen molar-refractivity contribution in [1.29, 1.82) is 0 Å². The molecule has 1 saturated carbocycles. The number of carbonyl (C=O) groups is 1. The first-order chi connectivity index (χ1) is 9.60. The van der Waals surface area contributed by atoms with Crippen LogP contribution in [0.15, 0.2) is 12.4 Å².